The van der Waals surface area contributed by atoms with Gasteiger partial charge in [0, 0.05) is 38.5 Å². The average Bonchev–Trinajstić information content (AvgIpc) is 2.85. The molecule has 1 aliphatic heterocycles. The smallest absolute Gasteiger partial charge is 0.0762 e. The Morgan fingerprint density at radius 3 is 2.84 bits per heavy atom. The summed E-state index contributed by atoms with van der Waals surface area (Å²) in [5.41, 5.74) is 4.08. The summed E-state index contributed by atoms with van der Waals surface area (Å²) < 4.78 is 5.47. The van der Waals surface area contributed by atoms with Crippen molar-refractivity contribution in [2.24, 2.45) is 0 Å². The zero-order valence-corrected chi connectivity index (χ0v) is 12.6. The van der Waals surface area contributed by atoms with Gasteiger partial charge in [0.15, 0.2) is 0 Å². The molecule has 2 rings (SSSR count). The molecule has 106 valence electrons. The van der Waals surface area contributed by atoms with Gasteiger partial charge in [0.05, 0.1) is 6.10 Å². The molecule has 3 nitrogen and oxygen atoms in total. The molecule has 1 aliphatic rings. The fourth-order valence-corrected chi connectivity index (χ4v) is 2.62. The summed E-state index contributed by atoms with van der Waals surface area (Å²) >= 11 is 0. The topological polar surface area (TPSA) is 24.5 Å². The minimum Gasteiger partial charge on any atom is -0.380 e. The van der Waals surface area contributed by atoms with Gasteiger partial charge in [0.2, 0.25) is 0 Å². The lowest BCUT2D eigenvalue weighted by Crippen LogP contribution is -2.26. The van der Waals surface area contributed by atoms with Crippen molar-refractivity contribution in [1.29, 1.82) is 0 Å². The van der Waals surface area contributed by atoms with Crippen molar-refractivity contribution >= 4 is 5.69 Å². The Balaban J connectivity index is 2.14. The molecular formula is C16H26N2O. The average molecular weight is 262 g/mol. The number of nitrogens with zero attached hydrogens (tertiary/aromatic N) is 1. The molecule has 0 aliphatic carbocycles. The van der Waals surface area contributed by atoms with E-state index in [-0.39, 0.29) is 0 Å². The highest BCUT2D eigenvalue weighted by atomic mass is 16.5. The second-order valence-electron chi connectivity index (χ2n) is 5.76. The van der Waals surface area contributed by atoms with Crippen LogP contribution in [0.5, 0.6) is 0 Å². The maximum absolute atomic E-state index is 5.47. The predicted octanol–water partition coefficient (Wildman–Crippen LogP) is 2.72. The fourth-order valence-electron chi connectivity index (χ4n) is 2.62. The molecule has 0 saturated carbocycles. The van der Waals surface area contributed by atoms with E-state index in [0.717, 1.165) is 26.1 Å². The van der Waals surface area contributed by atoms with Gasteiger partial charge in [-0.1, -0.05) is 31.5 Å². The number of methoxy groups -OCH3 is 1. The Morgan fingerprint density at radius 1 is 1.42 bits per heavy atom. The van der Waals surface area contributed by atoms with Gasteiger partial charge in [-0.25, -0.2) is 0 Å². The third-order valence-electron chi connectivity index (χ3n) is 3.75. The third kappa shape index (κ3) is 3.71. The van der Waals surface area contributed by atoms with E-state index in [0.29, 0.717) is 12.1 Å². The van der Waals surface area contributed by atoms with Gasteiger partial charge in [0.25, 0.3) is 0 Å². The van der Waals surface area contributed by atoms with Crippen molar-refractivity contribution in [3.63, 3.8) is 0 Å². The maximum atomic E-state index is 5.47. The minimum absolute atomic E-state index is 0.382. The van der Waals surface area contributed by atoms with E-state index in [1.165, 1.54) is 16.8 Å². The number of hydrogen-bond donors (Lipinski definition) is 1. The van der Waals surface area contributed by atoms with Gasteiger partial charge >= 0.3 is 0 Å². The molecule has 1 unspecified atom stereocenters. The molecule has 0 bridgehead atoms. The summed E-state index contributed by atoms with van der Waals surface area (Å²) in [5.74, 6) is 0. The predicted molar refractivity (Wildman–Crippen MR) is 80.8 cm³/mol. The summed E-state index contributed by atoms with van der Waals surface area (Å²) in [6.07, 6.45) is 1.51. The number of benzene rings is 1. The van der Waals surface area contributed by atoms with E-state index >= 15 is 0 Å². The molecule has 1 saturated heterocycles. The first-order valence-corrected chi connectivity index (χ1v) is 7.21. The number of anilines is 1. The molecule has 0 amide bonds. The molecule has 3 heteroatoms. The highest BCUT2D eigenvalue weighted by molar-refractivity contribution is 5.56. The Kier molecular flexibility index (Phi) is 4.83. The van der Waals surface area contributed by atoms with Crippen molar-refractivity contribution in [1.82, 2.24) is 5.32 Å². The maximum Gasteiger partial charge on any atom is 0.0762 e. The molecule has 1 fully saturated rings. The Morgan fingerprint density at radius 2 is 2.21 bits per heavy atom. The Bertz CT molecular complexity index is 417. The second-order valence-corrected chi connectivity index (χ2v) is 5.76. The third-order valence-corrected chi connectivity index (χ3v) is 3.75. The normalized spacial score (nSPS) is 19.4. The molecule has 1 aromatic carbocycles. The first kappa shape index (κ1) is 14.4. The van der Waals surface area contributed by atoms with Crippen LogP contribution >= 0.6 is 0 Å². The summed E-state index contributed by atoms with van der Waals surface area (Å²) in [6, 6.07) is 7.27. The van der Waals surface area contributed by atoms with E-state index in [1.807, 2.05) is 7.11 Å². The fraction of sp³-hybridized carbons (Fsp3) is 0.625. The summed E-state index contributed by atoms with van der Waals surface area (Å²) in [4.78, 5) is 2.45. The van der Waals surface area contributed by atoms with Crippen LogP contribution in [0.4, 0.5) is 5.69 Å². The van der Waals surface area contributed by atoms with E-state index in [1.54, 1.807) is 0 Å². The van der Waals surface area contributed by atoms with Gasteiger partial charge in [0.1, 0.15) is 0 Å². The highest BCUT2D eigenvalue weighted by Crippen LogP contribution is 2.26. The van der Waals surface area contributed by atoms with Crippen LogP contribution < -0.4 is 10.2 Å². The Hall–Kier alpha value is -1.06. The number of ether oxygens (including phenoxy) is 1. The van der Waals surface area contributed by atoms with Crippen molar-refractivity contribution in [3.05, 3.63) is 29.3 Å². The minimum atomic E-state index is 0.382. The first-order chi connectivity index (χ1) is 9.10. The van der Waals surface area contributed by atoms with Crippen LogP contribution in [0, 0.1) is 6.92 Å². The molecular weight excluding hydrogens is 236 g/mol. The van der Waals surface area contributed by atoms with Crippen LogP contribution in [0.2, 0.25) is 0 Å². The van der Waals surface area contributed by atoms with Gasteiger partial charge in [-0.15, -0.1) is 0 Å². The SMILES string of the molecule is COC1CCN(c2ccc(C)cc2CNC(C)C)C1. The lowest BCUT2D eigenvalue weighted by molar-refractivity contribution is 0.121. The summed E-state index contributed by atoms with van der Waals surface area (Å²) in [5, 5.41) is 3.52. The van der Waals surface area contributed by atoms with Crippen LogP contribution in [-0.2, 0) is 11.3 Å². The monoisotopic (exact) mass is 262 g/mol. The molecule has 1 aromatic rings. The molecule has 1 N–H and O–H groups in total. The molecule has 0 aromatic heterocycles. The van der Waals surface area contributed by atoms with Crippen LogP contribution in [0.3, 0.4) is 0 Å². The van der Waals surface area contributed by atoms with E-state index in [4.69, 9.17) is 4.74 Å². The Labute approximate surface area is 116 Å². The zero-order chi connectivity index (χ0) is 13.8. The summed E-state index contributed by atoms with van der Waals surface area (Å²) in [6.45, 7) is 9.57. The van der Waals surface area contributed by atoms with Gasteiger partial charge in [-0.05, 0) is 25.0 Å². The van der Waals surface area contributed by atoms with Gasteiger partial charge in [-0.2, -0.15) is 0 Å². The first-order valence-electron chi connectivity index (χ1n) is 7.21. The van der Waals surface area contributed by atoms with Crippen molar-refractivity contribution in [2.45, 2.75) is 45.9 Å². The standard InChI is InChI=1S/C16H26N2O/c1-12(2)17-10-14-9-13(3)5-6-16(14)18-8-7-15(11-18)19-4/h5-6,9,12,15,17H,7-8,10-11H2,1-4H3. The van der Waals surface area contributed by atoms with Crippen LogP contribution in [0.15, 0.2) is 18.2 Å². The lowest BCUT2D eigenvalue weighted by atomic mass is 10.1. The van der Waals surface area contributed by atoms with E-state index < -0.39 is 0 Å². The molecule has 0 radical (unpaired) electrons. The second kappa shape index (κ2) is 6.40. The zero-order valence-electron chi connectivity index (χ0n) is 12.6. The summed E-state index contributed by atoms with van der Waals surface area (Å²) in [7, 11) is 1.81. The van der Waals surface area contributed by atoms with Crippen molar-refractivity contribution < 1.29 is 4.74 Å². The van der Waals surface area contributed by atoms with E-state index in [9.17, 15) is 0 Å². The lowest BCUT2D eigenvalue weighted by Gasteiger charge is -2.23. The largest absolute Gasteiger partial charge is 0.380 e. The number of hydrogen-bond acceptors (Lipinski definition) is 3. The molecule has 1 heterocycles. The quantitative estimate of drug-likeness (QED) is 0.883. The van der Waals surface area contributed by atoms with Gasteiger partial charge in [-0.3, -0.25) is 0 Å². The number of aryl methyl sites for hydroxylation is 1. The molecule has 19 heavy (non-hydrogen) atoms. The van der Waals surface area contributed by atoms with Crippen LogP contribution in [-0.4, -0.2) is 32.3 Å². The van der Waals surface area contributed by atoms with Crippen molar-refractivity contribution in [3.8, 4) is 0 Å². The van der Waals surface area contributed by atoms with Crippen LogP contribution in [0.1, 0.15) is 31.4 Å². The van der Waals surface area contributed by atoms with E-state index in [2.05, 4.69) is 49.2 Å². The number of rotatable bonds is 5. The van der Waals surface area contributed by atoms with Crippen molar-refractivity contribution in [2.75, 3.05) is 25.1 Å². The van der Waals surface area contributed by atoms with Crippen LogP contribution in [0.25, 0.3) is 0 Å². The van der Waals surface area contributed by atoms with Gasteiger partial charge < -0.3 is 15.0 Å². The molecule has 1 atom stereocenters. The molecule has 0 spiro atoms. The highest BCUT2D eigenvalue weighted by Gasteiger charge is 2.23. The number of nitrogens with one attached hydrogen (secondary N) is 1.